The molecule has 5 rings (SSSR count). The minimum absolute atomic E-state index is 0.0529. The summed E-state index contributed by atoms with van der Waals surface area (Å²) in [5.74, 6) is 0.585. The number of nitrogens with one attached hydrogen (secondary N) is 2. The van der Waals surface area contributed by atoms with E-state index in [1.54, 1.807) is 13.3 Å². The molecule has 0 saturated heterocycles. The van der Waals surface area contributed by atoms with E-state index in [2.05, 4.69) is 34.3 Å². The van der Waals surface area contributed by atoms with Crippen molar-refractivity contribution in [3.05, 3.63) is 65.7 Å². The maximum absolute atomic E-state index is 15.5. The average Bonchev–Trinajstić information content (AvgIpc) is 2.85. The number of halogens is 1. The molecule has 0 radical (unpaired) electrons. The van der Waals surface area contributed by atoms with Crippen LogP contribution in [0.4, 0.5) is 21.7 Å². The van der Waals surface area contributed by atoms with Crippen LogP contribution in [0.1, 0.15) is 38.8 Å². The van der Waals surface area contributed by atoms with Gasteiger partial charge in [-0.15, -0.1) is 0 Å². The van der Waals surface area contributed by atoms with Gasteiger partial charge in [-0.05, 0) is 76.1 Å². The Hall–Kier alpha value is -3.65. The van der Waals surface area contributed by atoms with Crippen molar-refractivity contribution in [2.45, 2.75) is 52.3 Å². The minimum Gasteiger partial charge on any atom is -0.493 e. The third-order valence-electron chi connectivity index (χ3n) is 6.74. The minimum atomic E-state index is -0.728. The molecule has 188 valence electrons. The van der Waals surface area contributed by atoms with Crippen LogP contribution in [0.5, 0.6) is 11.5 Å². The van der Waals surface area contributed by atoms with Gasteiger partial charge in [0.05, 0.1) is 24.7 Å². The van der Waals surface area contributed by atoms with E-state index in [-0.39, 0.29) is 11.8 Å². The van der Waals surface area contributed by atoms with Crippen LogP contribution < -0.4 is 25.0 Å². The molecule has 0 aliphatic carbocycles. The van der Waals surface area contributed by atoms with Gasteiger partial charge < -0.3 is 25.0 Å². The van der Waals surface area contributed by atoms with Crippen molar-refractivity contribution in [3.63, 3.8) is 0 Å². The maximum atomic E-state index is 15.5. The first-order valence-electron chi connectivity index (χ1n) is 12.2. The van der Waals surface area contributed by atoms with Gasteiger partial charge in [-0.25, -0.2) is 14.4 Å². The summed E-state index contributed by atoms with van der Waals surface area (Å²) >= 11 is 0. The number of aromatic nitrogens is 2. The summed E-state index contributed by atoms with van der Waals surface area (Å²) in [5.41, 5.74) is 5.19. The van der Waals surface area contributed by atoms with Crippen LogP contribution in [0.2, 0.25) is 0 Å². The Morgan fingerprint density at radius 1 is 1.22 bits per heavy atom. The van der Waals surface area contributed by atoms with Crippen LogP contribution in [0, 0.1) is 5.82 Å². The van der Waals surface area contributed by atoms with Crippen LogP contribution in [0.15, 0.2) is 48.8 Å². The van der Waals surface area contributed by atoms with Gasteiger partial charge in [-0.1, -0.05) is 12.6 Å². The smallest absolute Gasteiger partial charge is 0.227 e. The molecule has 8 heteroatoms. The number of methoxy groups -OCH3 is 1. The molecule has 0 saturated carbocycles. The summed E-state index contributed by atoms with van der Waals surface area (Å²) < 4.78 is 27.1. The van der Waals surface area contributed by atoms with Crippen LogP contribution in [0.3, 0.4) is 0 Å². The van der Waals surface area contributed by atoms with Crippen molar-refractivity contribution in [3.8, 4) is 22.8 Å². The number of anilines is 3. The Morgan fingerprint density at radius 2 is 2.03 bits per heavy atom. The molecule has 0 bridgehead atoms. The van der Waals surface area contributed by atoms with Crippen molar-refractivity contribution in [2.75, 3.05) is 23.9 Å². The molecule has 0 amide bonds. The first kappa shape index (κ1) is 24.1. The molecule has 0 unspecified atom stereocenters. The summed E-state index contributed by atoms with van der Waals surface area (Å²) in [6.07, 6.45) is 2.62. The van der Waals surface area contributed by atoms with E-state index < -0.39 is 11.4 Å². The molecule has 7 nitrogen and oxygen atoms in total. The number of hydrogen-bond acceptors (Lipinski definition) is 7. The first-order chi connectivity index (χ1) is 17.2. The predicted octanol–water partition coefficient (Wildman–Crippen LogP) is 5.58. The lowest BCUT2D eigenvalue weighted by Gasteiger charge is -2.45. The zero-order valence-electron chi connectivity index (χ0n) is 21.4. The van der Waals surface area contributed by atoms with Crippen LogP contribution >= 0.6 is 0 Å². The fraction of sp³-hybridized carbons (Fsp3) is 0.357. The normalized spacial score (nSPS) is 16.3. The number of hydrogen-bond donors (Lipinski definition) is 2. The molecule has 36 heavy (non-hydrogen) atoms. The maximum Gasteiger partial charge on any atom is 0.227 e. The molecule has 2 aromatic carbocycles. The van der Waals surface area contributed by atoms with Gasteiger partial charge in [0.25, 0.3) is 0 Å². The molecule has 0 spiro atoms. The Labute approximate surface area is 211 Å². The molecule has 0 fully saturated rings. The van der Waals surface area contributed by atoms with E-state index in [1.165, 1.54) is 17.2 Å². The third-order valence-corrected chi connectivity index (χ3v) is 6.74. The molecule has 2 aliphatic rings. The van der Waals surface area contributed by atoms with Crippen LogP contribution in [0.25, 0.3) is 11.3 Å². The van der Waals surface area contributed by atoms with Crippen molar-refractivity contribution in [1.29, 1.82) is 0 Å². The lowest BCUT2D eigenvalue weighted by Crippen LogP contribution is -2.47. The highest BCUT2D eigenvalue weighted by Crippen LogP contribution is 2.47. The van der Waals surface area contributed by atoms with Crippen molar-refractivity contribution in [1.82, 2.24) is 15.3 Å². The van der Waals surface area contributed by atoms with Crippen LogP contribution in [-0.2, 0) is 13.0 Å². The van der Waals surface area contributed by atoms with E-state index >= 15 is 4.39 Å². The molecule has 3 aromatic rings. The highest BCUT2D eigenvalue weighted by molar-refractivity contribution is 5.77. The second kappa shape index (κ2) is 9.09. The van der Waals surface area contributed by atoms with Crippen molar-refractivity contribution < 1.29 is 13.9 Å². The largest absolute Gasteiger partial charge is 0.493 e. The van der Waals surface area contributed by atoms with Gasteiger partial charge in [0.2, 0.25) is 5.95 Å². The van der Waals surface area contributed by atoms with Gasteiger partial charge in [0.15, 0.2) is 17.3 Å². The third kappa shape index (κ3) is 4.26. The Kier molecular flexibility index (Phi) is 6.08. The number of ether oxygens (including phenoxy) is 2. The standard InChI is InChI=1S/C28H32FN5O2/c1-16(2)34-17(3)28(4,5)36-26-22(29)12-19(13-23(26)34)25-24(35-6)15-31-27(33-25)32-21-8-7-18-9-10-30-14-20(18)11-21/h7-8,11-13,15-16,30H,3,9-10,14H2,1-2,4-6H3,(H,31,32,33). The number of nitrogens with zero attached hydrogens (tertiary/aromatic N) is 3. The Morgan fingerprint density at radius 3 is 2.78 bits per heavy atom. The Bertz CT molecular complexity index is 1340. The topological polar surface area (TPSA) is 71.5 Å². The second-order valence-electron chi connectivity index (χ2n) is 9.97. The molecule has 1 aromatic heterocycles. The van der Waals surface area contributed by atoms with Crippen LogP contribution in [-0.4, -0.2) is 35.3 Å². The monoisotopic (exact) mass is 489 g/mol. The van der Waals surface area contributed by atoms with Gasteiger partial charge in [-0.3, -0.25) is 0 Å². The summed E-state index contributed by atoms with van der Waals surface area (Å²) in [5, 5.41) is 6.68. The summed E-state index contributed by atoms with van der Waals surface area (Å²) in [6, 6.07) is 9.63. The zero-order chi connectivity index (χ0) is 25.6. The fourth-order valence-electron chi connectivity index (χ4n) is 4.81. The molecule has 3 heterocycles. The van der Waals surface area contributed by atoms with E-state index in [9.17, 15) is 0 Å². The second-order valence-corrected chi connectivity index (χ2v) is 9.97. The quantitative estimate of drug-likeness (QED) is 0.485. The summed E-state index contributed by atoms with van der Waals surface area (Å²) in [6.45, 7) is 13.9. The average molecular weight is 490 g/mol. The Balaban J connectivity index is 1.55. The van der Waals surface area contributed by atoms with E-state index in [4.69, 9.17) is 14.5 Å². The molecule has 2 N–H and O–H groups in total. The van der Waals surface area contributed by atoms with Gasteiger partial charge in [0.1, 0.15) is 11.3 Å². The lowest BCUT2D eigenvalue weighted by molar-refractivity contribution is 0.128. The van der Waals surface area contributed by atoms with Gasteiger partial charge in [0, 0.05) is 23.8 Å². The van der Waals surface area contributed by atoms with Crippen molar-refractivity contribution >= 4 is 17.3 Å². The molecule has 2 aliphatic heterocycles. The lowest BCUT2D eigenvalue weighted by atomic mass is 9.97. The van der Waals surface area contributed by atoms with E-state index in [0.29, 0.717) is 28.6 Å². The fourth-order valence-corrected chi connectivity index (χ4v) is 4.81. The number of rotatable bonds is 5. The highest BCUT2D eigenvalue weighted by Gasteiger charge is 2.39. The molecular weight excluding hydrogens is 457 g/mol. The SMILES string of the molecule is C=C1N(C(C)C)c2cc(-c3nc(Nc4ccc5c(c4)CNCC5)ncc3OC)cc(F)c2OC1(C)C. The summed E-state index contributed by atoms with van der Waals surface area (Å²) in [4.78, 5) is 11.2. The van der Waals surface area contributed by atoms with Gasteiger partial charge in [-0.2, -0.15) is 0 Å². The van der Waals surface area contributed by atoms with E-state index in [1.807, 2.05) is 44.7 Å². The first-order valence-corrected chi connectivity index (χ1v) is 12.2. The predicted molar refractivity (Wildman–Crippen MR) is 141 cm³/mol. The summed E-state index contributed by atoms with van der Waals surface area (Å²) in [7, 11) is 1.55. The number of fused-ring (bicyclic) bond motifs is 2. The van der Waals surface area contributed by atoms with Crippen molar-refractivity contribution in [2.24, 2.45) is 0 Å². The highest BCUT2D eigenvalue weighted by atomic mass is 19.1. The van der Waals surface area contributed by atoms with Gasteiger partial charge >= 0.3 is 0 Å². The van der Waals surface area contributed by atoms with E-state index in [0.717, 1.165) is 30.9 Å². The molecule has 0 atom stereocenters. The zero-order valence-corrected chi connectivity index (χ0v) is 21.4. The molecular formula is C28H32FN5O2. The number of benzene rings is 2.